The smallest absolute Gasteiger partial charge is 0.426 e. The number of amides is 3. The van der Waals surface area contributed by atoms with Gasteiger partial charge in [-0.25, -0.2) is 0 Å². The van der Waals surface area contributed by atoms with Crippen LogP contribution in [0.3, 0.4) is 0 Å². The van der Waals surface area contributed by atoms with Crippen LogP contribution in [0.1, 0.15) is 38.5 Å². The minimum absolute atomic E-state index is 0.0526. The summed E-state index contributed by atoms with van der Waals surface area (Å²) in [6.45, 7) is 1.32. The highest BCUT2D eigenvalue weighted by Gasteiger charge is 2.41. The van der Waals surface area contributed by atoms with E-state index >= 15 is 0 Å². The van der Waals surface area contributed by atoms with Crippen molar-refractivity contribution < 1.29 is 29.2 Å². The second kappa shape index (κ2) is 8.98. The second-order valence-electron chi connectivity index (χ2n) is 7.73. The fraction of sp³-hybridized carbons (Fsp3) is 0.667. The molecule has 0 aromatic rings. The number of nitrogens with zero attached hydrogens (tertiary/aromatic N) is 2. The third-order valence-corrected chi connectivity index (χ3v) is 5.70. The Hall–Kier alpha value is -2.04. The van der Waals surface area contributed by atoms with Crippen LogP contribution in [0.2, 0.25) is 0 Å². The number of Topliss-reactive ketones (excluding diaryl/α,β-unsaturated/α-hetero) is 1. The van der Waals surface area contributed by atoms with Gasteiger partial charge in [0.05, 0.1) is 12.0 Å². The zero-order chi connectivity index (χ0) is 20.3. The highest BCUT2D eigenvalue weighted by Crippen LogP contribution is 2.25. The lowest BCUT2D eigenvalue weighted by Gasteiger charge is -2.26. The molecule has 3 N–H and O–H groups in total. The Morgan fingerprint density at radius 2 is 1.93 bits per heavy atom. The van der Waals surface area contributed by atoms with Crippen LogP contribution in [0.25, 0.3) is 0 Å². The Morgan fingerprint density at radius 3 is 2.61 bits per heavy atom. The summed E-state index contributed by atoms with van der Waals surface area (Å²) >= 11 is 0. The highest BCUT2D eigenvalue weighted by atomic mass is 16.4. The molecule has 3 atom stereocenters. The number of ketones is 1. The van der Waals surface area contributed by atoms with Gasteiger partial charge in [-0.1, -0.05) is 0 Å². The Balaban J connectivity index is 1.39. The van der Waals surface area contributed by atoms with Crippen molar-refractivity contribution in [3.05, 3.63) is 12.2 Å². The minimum atomic E-state index is -1.53. The van der Waals surface area contributed by atoms with E-state index in [2.05, 4.69) is 5.32 Å². The molecule has 10 heteroatoms. The first-order chi connectivity index (χ1) is 13.4. The molecule has 0 aliphatic carbocycles. The number of likely N-dealkylation sites (tertiary alicyclic amines) is 1. The van der Waals surface area contributed by atoms with Crippen LogP contribution in [0.15, 0.2) is 12.2 Å². The third kappa shape index (κ3) is 4.68. The van der Waals surface area contributed by atoms with Gasteiger partial charge in [0.2, 0.25) is 5.91 Å². The fourth-order valence-electron chi connectivity index (χ4n) is 4.24. The summed E-state index contributed by atoms with van der Waals surface area (Å²) in [4.78, 5) is 50.5. The average molecular weight is 391 g/mol. The van der Waals surface area contributed by atoms with Gasteiger partial charge in [0.25, 0.3) is 11.8 Å². The van der Waals surface area contributed by atoms with Crippen LogP contribution < -0.4 is 5.32 Å². The summed E-state index contributed by atoms with van der Waals surface area (Å²) in [6.07, 6.45) is 5.40. The molecule has 0 radical (unpaired) electrons. The highest BCUT2D eigenvalue weighted by molar-refractivity contribution is 6.43. The molecule has 0 aromatic carbocycles. The second-order valence-corrected chi connectivity index (χ2v) is 7.73. The predicted octanol–water partition coefficient (Wildman–Crippen LogP) is -1.37. The maximum atomic E-state index is 12.7. The summed E-state index contributed by atoms with van der Waals surface area (Å²) in [5.41, 5.74) is 0. The molecule has 0 saturated carbocycles. The molecule has 9 nitrogen and oxygen atoms in total. The topological polar surface area (TPSA) is 127 Å². The Bertz CT molecular complexity index is 664. The lowest BCUT2D eigenvalue weighted by molar-refractivity contribution is -0.137. The molecule has 1 unspecified atom stereocenters. The van der Waals surface area contributed by atoms with Gasteiger partial charge < -0.3 is 20.3 Å². The van der Waals surface area contributed by atoms with Gasteiger partial charge in [-0.15, -0.1) is 0 Å². The van der Waals surface area contributed by atoms with Gasteiger partial charge in [0.1, 0.15) is 5.78 Å². The summed E-state index contributed by atoms with van der Waals surface area (Å²) in [6, 6.07) is -0.400. The summed E-state index contributed by atoms with van der Waals surface area (Å²) in [5, 5.41) is 22.0. The van der Waals surface area contributed by atoms with Gasteiger partial charge in [-0.3, -0.25) is 24.1 Å². The molecule has 0 bridgehead atoms. The zero-order valence-corrected chi connectivity index (χ0v) is 15.7. The first kappa shape index (κ1) is 20.7. The van der Waals surface area contributed by atoms with Crippen molar-refractivity contribution in [3.8, 4) is 0 Å². The maximum Gasteiger partial charge on any atom is 0.475 e. The van der Waals surface area contributed by atoms with E-state index in [4.69, 9.17) is 0 Å². The third-order valence-electron chi connectivity index (χ3n) is 5.70. The molecule has 3 aliphatic rings. The van der Waals surface area contributed by atoms with Crippen molar-refractivity contribution in [2.45, 2.75) is 50.5 Å². The number of imide groups is 1. The fourth-order valence-corrected chi connectivity index (χ4v) is 4.24. The number of carbonyl (C=O) groups is 4. The van der Waals surface area contributed by atoms with Gasteiger partial charge >= 0.3 is 7.12 Å². The van der Waals surface area contributed by atoms with Crippen LogP contribution in [0.5, 0.6) is 0 Å². The monoisotopic (exact) mass is 391 g/mol. The molecular weight excluding hydrogens is 365 g/mol. The van der Waals surface area contributed by atoms with Gasteiger partial charge in [0, 0.05) is 38.1 Å². The minimum Gasteiger partial charge on any atom is -0.426 e. The van der Waals surface area contributed by atoms with Crippen molar-refractivity contribution in [1.82, 2.24) is 15.1 Å². The molecule has 0 spiro atoms. The van der Waals surface area contributed by atoms with Crippen LogP contribution in [-0.2, 0) is 19.2 Å². The van der Waals surface area contributed by atoms with E-state index in [0.717, 1.165) is 11.3 Å². The van der Waals surface area contributed by atoms with Gasteiger partial charge in [-0.05, 0) is 38.1 Å². The molecule has 28 heavy (non-hydrogen) atoms. The van der Waals surface area contributed by atoms with Crippen LogP contribution in [-0.4, -0.2) is 82.1 Å². The lowest BCUT2D eigenvalue weighted by atomic mass is 9.77. The van der Waals surface area contributed by atoms with E-state index in [1.165, 1.54) is 17.1 Å². The molecule has 3 rings (SSSR count). The van der Waals surface area contributed by atoms with Crippen molar-refractivity contribution in [3.63, 3.8) is 0 Å². The summed E-state index contributed by atoms with van der Waals surface area (Å²) in [5.74, 6) is -1.27. The van der Waals surface area contributed by atoms with Crippen molar-refractivity contribution in [1.29, 1.82) is 0 Å². The number of nitrogens with one attached hydrogen (secondary N) is 1. The van der Waals surface area contributed by atoms with Crippen molar-refractivity contribution in [2.75, 3.05) is 19.6 Å². The van der Waals surface area contributed by atoms with E-state index < -0.39 is 19.1 Å². The van der Waals surface area contributed by atoms with E-state index in [9.17, 15) is 29.2 Å². The van der Waals surface area contributed by atoms with E-state index in [-0.39, 0.29) is 42.4 Å². The predicted molar refractivity (Wildman–Crippen MR) is 99.5 cm³/mol. The Labute approximate surface area is 163 Å². The average Bonchev–Trinajstić information content (AvgIpc) is 3.37. The number of hydrogen-bond donors (Lipinski definition) is 3. The van der Waals surface area contributed by atoms with Crippen molar-refractivity contribution >= 4 is 30.6 Å². The zero-order valence-electron chi connectivity index (χ0n) is 15.7. The molecule has 3 aliphatic heterocycles. The number of carbonyl (C=O) groups excluding carboxylic acids is 4. The van der Waals surface area contributed by atoms with Crippen LogP contribution >= 0.6 is 0 Å². The van der Waals surface area contributed by atoms with E-state index in [1.54, 1.807) is 0 Å². The molecule has 0 aromatic heterocycles. The first-order valence-corrected chi connectivity index (χ1v) is 9.82. The normalized spacial score (nSPS) is 27.1. The number of rotatable bonds is 8. The SMILES string of the molecule is O=C(CCCN1C(=O)C=CC1=O)CC1CN[C@H](C(=O)N2CCC[C@H]2B(O)O)C1. The van der Waals surface area contributed by atoms with Gasteiger partial charge in [-0.2, -0.15) is 0 Å². The molecule has 2 fully saturated rings. The Kier molecular flexibility index (Phi) is 6.63. The summed E-state index contributed by atoms with van der Waals surface area (Å²) < 4.78 is 0. The first-order valence-electron chi connectivity index (χ1n) is 9.82. The summed E-state index contributed by atoms with van der Waals surface area (Å²) in [7, 11) is -1.53. The van der Waals surface area contributed by atoms with Gasteiger partial charge in [0.15, 0.2) is 0 Å². The molecule has 2 saturated heterocycles. The van der Waals surface area contributed by atoms with Crippen molar-refractivity contribution in [2.24, 2.45) is 5.92 Å². The maximum absolute atomic E-state index is 12.7. The van der Waals surface area contributed by atoms with E-state index in [0.29, 0.717) is 38.8 Å². The molecule has 3 heterocycles. The molecule has 3 amide bonds. The standard InChI is InChI=1S/C18H26BN3O6/c23-13(3-1-8-22-16(24)5-6-17(22)25)9-12-10-14(20-11-12)18(26)21-7-2-4-15(21)19(27)28/h5-6,12,14-15,20,27-28H,1-4,7-11H2/t12?,14-,15-/m0/s1. The lowest BCUT2D eigenvalue weighted by Crippen LogP contribution is -2.51. The molecular formula is C18H26BN3O6. The van der Waals surface area contributed by atoms with Crippen LogP contribution in [0, 0.1) is 5.92 Å². The molecule has 152 valence electrons. The van der Waals surface area contributed by atoms with E-state index in [1.807, 2.05) is 0 Å². The van der Waals surface area contributed by atoms with Crippen LogP contribution in [0.4, 0.5) is 0 Å². The number of hydrogen-bond acceptors (Lipinski definition) is 7. The quantitative estimate of drug-likeness (QED) is 0.344. The Morgan fingerprint density at radius 1 is 1.21 bits per heavy atom. The largest absolute Gasteiger partial charge is 0.475 e.